The molecule has 0 bridgehead atoms. The topological polar surface area (TPSA) is 66.6 Å². The second-order valence-electron chi connectivity index (χ2n) is 6.81. The van der Waals surface area contributed by atoms with Gasteiger partial charge >= 0.3 is 0 Å². The molecule has 5 nitrogen and oxygen atoms in total. The molecule has 130 valence electrons. The third-order valence-electron chi connectivity index (χ3n) is 5.16. The van der Waals surface area contributed by atoms with Gasteiger partial charge in [-0.15, -0.1) is 0 Å². The van der Waals surface area contributed by atoms with Crippen molar-refractivity contribution in [3.63, 3.8) is 0 Å². The van der Waals surface area contributed by atoms with Gasteiger partial charge in [0.1, 0.15) is 5.82 Å². The number of piperidine rings is 1. The van der Waals surface area contributed by atoms with Gasteiger partial charge in [0.15, 0.2) is 0 Å². The highest BCUT2D eigenvalue weighted by atomic mass is 19.1. The second-order valence-corrected chi connectivity index (χ2v) is 6.81. The number of likely N-dealkylation sites (tertiary alicyclic amines) is 2. The minimum Gasteiger partial charge on any atom is -0.369 e. The fourth-order valence-electron chi connectivity index (χ4n) is 3.84. The average Bonchev–Trinajstić information content (AvgIpc) is 3.04. The van der Waals surface area contributed by atoms with Gasteiger partial charge in [-0.1, -0.05) is 18.2 Å². The Hall–Kier alpha value is -1.95. The summed E-state index contributed by atoms with van der Waals surface area (Å²) in [6, 6.07) is 6.83. The largest absolute Gasteiger partial charge is 0.369 e. The number of carbonyl (C=O) groups excluding carboxylic acids is 2. The van der Waals surface area contributed by atoms with Crippen molar-refractivity contribution in [2.75, 3.05) is 32.7 Å². The number of nitrogens with zero attached hydrogens (tertiary/aromatic N) is 2. The molecule has 0 aliphatic carbocycles. The van der Waals surface area contributed by atoms with Crippen LogP contribution >= 0.6 is 0 Å². The summed E-state index contributed by atoms with van der Waals surface area (Å²) in [5, 5.41) is 0. The molecule has 24 heavy (non-hydrogen) atoms. The van der Waals surface area contributed by atoms with E-state index in [2.05, 4.69) is 0 Å². The highest BCUT2D eigenvalue weighted by molar-refractivity contribution is 5.79. The monoisotopic (exact) mass is 333 g/mol. The van der Waals surface area contributed by atoms with Crippen LogP contribution in [0.15, 0.2) is 24.3 Å². The molecule has 0 aromatic heterocycles. The first-order chi connectivity index (χ1) is 11.5. The van der Waals surface area contributed by atoms with Crippen LogP contribution in [-0.4, -0.2) is 54.3 Å². The van der Waals surface area contributed by atoms with E-state index in [9.17, 15) is 14.0 Å². The van der Waals surface area contributed by atoms with Gasteiger partial charge in [0.25, 0.3) is 0 Å². The molecule has 2 N–H and O–H groups in total. The molecule has 2 aliphatic heterocycles. The molecule has 6 heteroatoms. The first-order valence-corrected chi connectivity index (χ1v) is 8.58. The smallest absolute Gasteiger partial charge is 0.231 e. The first-order valence-electron chi connectivity index (χ1n) is 8.58. The van der Waals surface area contributed by atoms with E-state index < -0.39 is 0 Å². The molecule has 2 heterocycles. The van der Waals surface area contributed by atoms with E-state index >= 15 is 0 Å². The number of hydrogen-bond donors (Lipinski definition) is 1. The summed E-state index contributed by atoms with van der Waals surface area (Å²) >= 11 is 0. The summed E-state index contributed by atoms with van der Waals surface area (Å²) < 4.78 is 13.9. The molecule has 2 amide bonds. The number of hydrogen-bond acceptors (Lipinski definition) is 3. The van der Waals surface area contributed by atoms with E-state index in [0.29, 0.717) is 18.7 Å². The quantitative estimate of drug-likeness (QED) is 0.904. The van der Waals surface area contributed by atoms with Crippen molar-refractivity contribution in [1.82, 2.24) is 9.80 Å². The van der Waals surface area contributed by atoms with Crippen LogP contribution in [0, 0.1) is 11.7 Å². The van der Waals surface area contributed by atoms with Gasteiger partial charge in [-0.25, -0.2) is 4.39 Å². The Kier molecular flexibility index (Phi) is 5.14. The standard InChI is InChI=1S/C18H24FN3O2/c19-16-4-2-1-3-15(16)14-7-10-22(11-14)18(24)13-5-8-21(9-6-13)12-17(20)23/h1-4,13-14H,5-12H2,(H2,20,23). The van der Waals surface area contributed by atoms with Crippen molar-refractivity contribution in [2.24, 2.45) is 11.7 Å². The summed E-state index contributed by atoms with van der Waals surface area (Å²) in [5.74, 6) is -0.241. The lowest BCUT2D eigenvalue weighted by atomic mass is 9.95. The Morgan fingerprint density at radius 1 is 1.12 bits per heavy atom. The molecule has 2 aliphatic rings. The highest BCUT2D eigenvalue weighted by Gasteiger charge is 2.34. The number of benzene rings is 1. The maximum Gasteiger partial charge on any atom is 0.231 e. The van der Waals surface area contributed by atoms with Crippen molar-refractivity contribution in [3.05, 3.63) is 35.6 Å². The molecule has 0 spiro atoms. The number of halogens is 1. The SMILES string of the molecule is NC(=O)CN1CCC(C(=O)N2CCC(c3ccccc3F)C2)CC1. The van der Waals surface area contributed by atoms with E-state index in [1.807, 2.05) is 21.9 Å². The molecular weight excluding hydrogens is 309 g/mol. The summed E-state index contributed by atoms with van der Waals surface area (Å²) in [7, 11) is 0. The average molecular weight is 333 g/mol. The van der Waals surface area contributed by atoms with E-state index in [-0.39, 0.29) is 36.0 Å². The van der Waals surface area contributed by atoms with Crippen LogP contribution in [0.4, 0.5) is 4.39 Å². The number of primary amides is 1. The molecule has 1 unspecified atom stereocenters. The van der Waals surface area contributed by atoms with Crippen molar-refractivity contribution in [3.8, 4) is 0 Å². The van der Waals surface area contributed by atoms with E-state index in [4.69, 9.17) is 5.73 Å². The van der Waals surface area contributed by atoms with Gasteiger partial charge in [0, 0.05) is 24.9 Å². The summed E-state index contributed by atoms with van der Waals surface area (Å²) in [6.45, 7) is 3.01. The van der Waals surface area contributed by atoms with Crippen LogP contribution in [0.5, 0.6) is 0 Å². The van der Waals surface area contributed by atoms with Gasteiger partial charge in [-0.05, 0) is 44.0 Å². The predicted octanol–water partition coefficient (Wildman–Crippen LogP) is 1.34. The molecule has 1 aromatic carbocycles. The van der Waals surface area contributed by atoms with Gasteiger partial charge in [0.2, 0.25) is 11.8 Å². The van der Waals surface area contributed by atoms with E-state index in [1.54, 1.807) is 6.07 Å². The fraction of sp³-hybridized carbons (Fsp3) is 0.556. The minimum atomic E-state index is -0.327. The minimum absolute atomic E-state index is 0.00787. The van der Waals surface area contributed by atoms with Gasteiger partial charge < -0.3 is 10.6 Å². The number of amides is 2. The third kappa shape index (κ3) is 3.75. The molecule has 0 radical (unpaired) electrons. The van der Waals surface area contributed by atoms with Crippen molar-refractivity contribution in [1.29, 1.82) is 0 Å². The van der Waals surface area contributed by atoms with Gasteiger partial charge in [0.05, 0.1) is 6.54 Å². The Labute approximate surface area is 141 Å². The Morgan fingerprint density at radius 3 is 2.50 bits per heavy atom. The maximum atomic E-state index is 13.9. The molecule has 0 saturated carbocycles. The third-order valence-corrected chi connectivity index (χ3v) is 5.16. The zero-order chi connectivity index (χ0) is 17.1. The summed E-state index contributed by atoms with van der Waals surface area (Å²) in [5.41, 5.74) is 5.93. The lowest BCUT2D eigenvalue weighted by Gasteiger charge is -2.32. The Morgan fingerprint density at radius 2 is 1.83 bits per heavy atom. The van der Waals surface area contributed by atoms with Crippen LogP contribution in [0.2, 0.25) is 0 Å². The van der Waals surface area contributed by atoms with Crippen molar-refractivity contribution < 1.29 is 14.0 Å². The molecule has 2 fully saturated rings. The van der Waals surface area contributed by atoms with Crippen LogP contribution < -0.4 is 5.73 Å². The van der Waals surface area contributed by atoms with Gasteiger partial charge in [-0.2, -0.15) is 0 Å². The molecule has 2 saturated heterocycles. The first kappa shape index (κ1) is 16.9. The Balaban J connectivity index is 1.54. The zero-order valence-electron chi connectivity index (χ0n) is 13.8. The van der Waals surface area contributed by atoms with Crippen LogP contribution in [0.3, 0.4) is 0 Å². The summed E-state index contributed by atoms with van der Waals surface area (Å²) in [6.07, 6.45) is 2.33. The molecule has 1 aromatic rings. The number of rotatable bonds is 4. The molecular formula is C18H24FN3O2. The highest BCUT2D eigenvalue weighted by Crippen LogP contribution is 2.31. The summed E-state index contributed by atoms with van der Waals surface area (Å²) in [4.78, 5) is 27.6. The maximum absolute atomic E-state index is 13.9. The Bertz CT molecular complexity index is 614. The number of carbonyl (C=O) groups is 2. The van der Waals surface area contributed by atoms with Crippen LogP contribution in [0.25, 0.3) is 0 Å². The lowest BCUT2D eigenvalue weighted by Crippen LogP contribution is -2.44. The molecule has 1 atom stereocenters. The fourth-order valence-corrected chi connectivity index (χ4v) is 3.84. The van der Waals surface area contributed by atoms with E-state index in [1.165, 1.54) is 6.07 Å². The zero-order valence-corrected chi connectivity index (χ0v) is 13.8. The predicted molar refractivity (Wildman–Crippen MR) is 88.7 cm³/mol. The van der Waals surface area contributed by atoms with Gasteiger partial charge in [-0.3, -0.25) is 14.5 Å². The normalized spacial score (nSPS) is 22.7. The van der Waals surface area contributed by atoms with Crippen LogP contribution in [0.1, 0.15) is 30.7 Å². The van der Waals surface area contributed by atoms with Crippen molar-refractivity contribution >= 4 is 11.8 Å². The lowest BCUT2D eigenvalue weighted by molar-refractivity contribution is -0.136. The second kappa shape index (κ2) is 7.30. The van der Waals surface area contributed by atoms with E-state index in [0.717, 1.165) is 32.4 Å². The van der Waals surface area contributed by atoms with Crippen LogP contribution in [-0.2, 0) is 9.59 Å². The van der Waals surface area contributed by atoms with Crippen molar-refractivity contribution in [2.45, 2.75) is 25.2 Å². The number of nitrogens with two attached hydrogens (primary N) is 1. The molecule has 3 rings (SSSR count).